The third-order valence-corrected chi connectivity index (χ3v) is 0.904. The van der Waals surface area contributed by atoms with Crippen LogP contribution in [-0.4, -0.2) is 10.2 Å². The summed E-state index contributed by atoms with van der Waals surface area (Å²) in [5.41, 5.74) is -0.315. The van der Waals surface area contributed by atoms with Crippen molar-refractivity contribution in [2.75, 3.05) is 0 Å². The summed E-state index contributed by atoms with van der Waals surface area (Å²) in [6.07, 6.45) is 0. The van der Waals surface area contributed by atoms with Crippen molar-refractivity contribution in [1.82, 2.24) is 0 Å². The van der Waals surface area contributed by atoms with Gasteiger partial charge in [-0.15, -0.1) is 0 Å². The molecule has 0 aromatic heterocycles. The van der Waals surface area contributed by atoms with E-state index >= 15 is 0 Å². The first-order valence-electron chi connectivity index (χ1n) is 1.60. The molecule has 2 nitrogen and oxygen atoms in total. The molecule has 0 aliphatic rings. The first-order valence-corrected chi connectivity index (χ1v) is 2.76. The van der Waals surface area contributed by atoms with Crippen LogP contribution in [0.4, 0.5) is 0 Å². The Morgan fingerprint density at radius 2 is 1.67 bits per heavy atom. The molecule has 0 N–H and O–H groups in total. The van der Waals surface area contributed by atoms with E-state index in [2.05, 4.69) is 0 Å². The number of rotatable bonds is 0. The maximum absolute atomic E-state index is 7.90. The third-order valence-electron chi connectivity index (χ3n) is 0.387. The molecule has 0 rings (SSSR count). The van der Waals surface area contributed by atoms with Crippen molar-refractivity contribution >= 4 is 10.2 Å². The van der Waals surface area contributed by atoms with Gasteiger partial charge in [-0.1, -0.05) is 0 Å². The molecule has 0 atom stereocenters. The zero-order valence-corrected chi connectivity index (χ0v) is 5.47. The Hall–Kier alpha value is -0.803. The van der Waals surface area contributed by atoms with E-state index in [0.717, 1.165) is 0 Å². The van der Waals surface area contributed by atoms with Gasteiger partial charge in [0.05, 0.1) is 12.1 Å². The van der Waals surface area contributed by atoms with E-state index in [0.29, 0.717) is 10.2 Å². The van der Waals surface area contributed by atoms with E-state index in [1.165, 1.54) is 0 Å². The molecule has 0 unspecified atom stereocenters. The maximum atomic E-state index is 7.90. The highest BCUT2D eigenvalue weighted by atomic mass is 28.1. The summed E-state index contributed by atoms with van der Waals surface area (Å²) in [6, 6.07) is 3.63. The Kier molecular flexibility index (Phi) is 2.11. The van der Waals surface area contributed by atoms with Gasteiger partial charge in [0.25, 0.3) is 0 Å². The molecule has 30 valence electrons. The zero-order valence-electron chi connectivity index (χ0n) is 3.47. The molecule has 0 aliphatic carbocycles. The van der Waals surface area contributed by atoms with Gasteiger partial charge in [0.2, 0.25) is 0 Å². The minimum atomic E-state index is -0.315. The predicted molar refractivity (Wildman–Crippen MR) is 24.9 cm³/mol. The van der Waals surface area contributed by atoms with Crippen LogP contribution in [0.5, 0.6) is 0 Å². The molecule has 0 aliphatic heterocycles. The van der Waals surface area contributed by atoms with Gasteiger partial charge in [-0.2, -0.15) is 10.5 Å². The van der Waals surface area contributed by atoms with Crippen LogP contribution < -0.4 is 0 Å². The van der Waals surface area contributed by atoms with Crippen LogP contribution in [0.1, 0.15) is 0 Å². The molecule has 0 bridgehead atoms. The first kappa shape index (κ1) is 5.20. The van der Waals surface area contributed by atoms with Crippen LogP contribution in [0.25, 0.3) is 0 Å². The number of hydrogen-bond donors (Lipinski definition) is 0. The quantitative estimate of drug-likeness (QED) is 0.370. The average Bonchev–Trinajstić information content (AvgIpc) is 1.65. The van der Waals surface area contributed by atoms with Crippen molar-refractivity contribution in [3.05, 3.63) is 0 Å². The molecule has 6 heavy (non-hydrogen) atoms. The summed E-state index contributed by atoms with van der Waals surface area (Å²) < 4.78 is 0. The molecular weight excluding hydrogens is 92.1 g/mol. The Labute approximate surface area is 39.4 Å². The van der Waals surface area contributed by atoms with E-state index in [1.807, 2.05) is 12.1 Å². The molecule has 0 aromatic rings. The van der Waals surface area contributed by atoms with Crippen molar-refractivity contribution in [3.8, 4) is 12.1 Å². The van der Waals surface area contributed by atoms with E-state index in [1.54, 1.807) is 0 Å². The molecule has 0 radical (unpaired) electrons. The van der Waals surface area contributed by atoms with Crippen molar-refractivity contribution in [2.45, 2.75) is 5.54 Å². The second-order valence-electron chi connectivity index (χ2n) is 0.980. The molecule has 0 spiro atoms. The topological polar surface area (TPSA) is 47.6 Å². The van der Waals surface area contributed by atoms with Crippen molar-refractivity contribution in [3.63, 3.8) is 0 Å². The van der Waals surface area contributed by atoms with Crippen LogP contribution in [0, 0.1) is 22.7 Å². The van der Waals surface area contributed by atoms with E-state index in [9.17, 15) is 0 Å². The van der Waals surface area contributed by atoms with Gasteiger partial charge >= 0.3 is 0 Å². The summed E-state index contributed by atoms with van der Waals surface area (Å²) >= 11 is 0. The Morgan fingerprint density at radius 1 is 1.33 bits per heavy atom. The van der Waals surface area contributed by atoms with Crippen LogP contribution in [-0.2, 0) is 0 Å². The molecule has 0 amide bonds. The van der Waals surface area contributed by atoms with Gasteiger partial charge in [0.15, 0.2) is 0 Å². The standard InChI is InChI=1S/C3H4N2Si/c4-1-3(6)2-5/h3H,6H3. The fourth-order valence-corrected chi connectivity index (χ4v) is 0.0289. The molecular formula is C3H4N2Si. The second-order valence-corrected chi connectivity index (χ2v) is 2.13. The van der Waals surface area contributed by atoms with Crippen LogP contribution in [0.3, 0.4) is 0 Å². The fraction of sp³-hybridized carbons (Fsp3) is 0.333. The fourth-order valence-electron chi connectivity index (χ4n) is 0.0289. The lowest BCUT2D eigenvalue weighted by Gasteiger charge is -1.72. The highest BCUT2D eigenvalue weighted by Gasteiger charge is 1.88. The predicted octanol–water partition coefficient (Wildman–Crippen LogP) is -0.813. The van der Waals surface area contributed by atoms with E-state index in [4.69, 9.17) is 10.5 Å². The van der Waals surface area contributed by atoms with Gasteiger partial charge < -0.3 is 0 Å². The van der Waals surface area contributed by atoms with Crippen LogP contribution in [0.2, 0.25) is 5.54 Å². The van der Waals surface area contributed by atoms with Crippen LogP contribution in [0.15, 0.2) is 0 Å². The van der Waals surface area contributed by atoms with E-state index in [-0.39, 0.29) is 5.54 Å². The smallest absolute Gasteiger partial charge is 0.113 e. The lowest BCUT2D eigenvalue weighted by molar-refractivity contribution is 1.32. The molecule has 0 saturated carbocycles. The Balaban J connectivity index is 3.40. The van der Waals surface area contributed by atoms with E-state index < -0.39 is 0 Å². The summed E-state index contributed by atoms with van der Waals surface area (Å²) in [5, 5.41) is 15.8. The maximum Gasteiger partial charge on any atom is 0.113 e. The van der Waals surface area contributed by atoms with Crippen molar-refractivity contribution in [2.24, 2.45) is 0 Å². The zero-order chi connectivity index (χ0) is 4.99. The van der Waals surface area contributed by atoms with Gasteiger partial charge in [0, 0.05) is 10.2 Å². The minimum Gasteiger partial charge on any atom is -0.197 e. The molecule has 3 heteroatoms. The summed E-state index contributed by atoms with van der Waals surface area (Å²) in [4.78, 5) is 0. The van der Waals surface area contributed by atoms with Crippen molar-refractivity contribution < 1.29 is 0 Å². The second kappa shape index (κ2) is 2.44. The summed E-state index contributed by atoms with van der Waals surface area (Å²) in [5.74, 6) is 0. The SMILES string of the molecule is N#CC([SiH3])C#N. The average molecular weight is 96.2 g/mol. The minimum absolute atomic E-state index is 0.315. The summed E-state index contributed by atoms with van der Waals surface area (Å²) in [7, 11) is 0.668. The van der Waals surface area contributed by atoms with Gasteiger partial charge in [0.1, 0.15) is 5.54 Å². The van der Waals surface area contributed by atoms with Gasteiger partial charge in [-0.05, 0) is 0 Å². The Morgan fingerprint density at radius 3 is 1.67 bits per heavy atom. The number of hydrogen-bond acceptors (Lipinski definition) is 2. The monoisotopic (exact) mass is 96.0 g/mol. The lowest BCUT2D eigenvalue weighted by Crippen LogP contribution is -1.77. The molecule has 0 aromatic carbocycles. The normalized spacial score (nSPS) is 7.17. The molecule has 0 fully saturated rings. The highest BCUT2D eigenvalue weighted by Crippen LogP contribution is 1.86. The van der Waals surface area contributed by atoms with Crippen molar-refractivity contribution in [1.29, 1.82) is 10.5 Å². The van der Waals surface area contributed by atoms with Crippen LogP contribution >= 0.6 is 0 Å². The summed E-state index contributed by atoms with van der Waals surface area (Å²) in [6.45, 7) is 0. The number of nitrogens with zero attached hydrogens (tertiary/aromatic N) is 2. The third kappa shape index (κ3) is 1.51. The van der Waals surface area contributed by atoms with Gasteiger partial charge in [-0.3, -0.25) is 0 Å². The highest BCUT2D eigenvalue weighted by molar-refractivity contribution is 6.15. The Bertz CT molecular complexity index is 92.9. The molecule has 0 heterocycles. The lowest BCUT2D eigenvalue weighted by atomic mass is 10.5. The largest absolute Gasteiger partial charge is 0.197 e. The molecule has 0 saturated heterocycles. The number of nitriles is 2. The first-order chi connectivity index (χ1) is 2.81. The van der Waals surface area contributed by atoms with Gasteiger partial charge in [-0.25, -0.2) is 0 Å².